The van der Waals surface area contributed by atoms with Gasteiger partial charge < -0.3 is 5.11 Å². The van der Waals surface area contributed by atoms with Crippen LogP contribution in [0.25, 0.3) is 0 Å². The number of carbonyl (C=O) groups is 1. The number of aromatic nitrogens is 4. The summed E-state index contributed by atoms with van der Waals surface area (Å²) in [5.74, 6) is -1.17. The third kappa shape index (κ3) is 3.04. The van der Waals surface area contributed by atoms with Gasteiger partial charge in [-0.2, -0.15) is 13.2 Å². The predicted octanol–water partition coefficient (Wildman–Crippen LogP) is 2.44. The minimum atomic E-state index is -4.81. The van der Waals surface area contributed by atoms with Crippen LogP contribution in [-0.4, -0.2) is 31.2 Å². The van der Waals surface area contributed by atoms with Crippen LogP contribution in [-0.2, 0) is 6.18 Å². The maximum absolute atomic E-state index is 12.6. The third-order valence-corrected chi connectivity index (χ3v) is 3.79. The Morgan fingerprint density at radius 2 is 2.11 bits per heavy atom. The van der Waals surface area contributed by atoms with E-state index in [9.17, 15) is 18.0 Å². The van der Waals surface area contributed by atoms with E-state index in [1.54, 1.807) is 6.92 Å². The molecule has 102 valence electrons. The zero-order valence-electron chi connectivity index (χ0n) is 9.15. The van der Waals surface area contributed by atoms with Crippen molar-refractivity contribution in [3.63, 3.8) is 0 Å². The Morgan fingerprint density at radius 1 is 1.42 bits per heavy atom. The molecule has 0 aliphatic rings. The van der Waals surface area contributed by atoms with Crippen LogP contribution in [0.3, 0.4) is 0 Å². The number of carboxylic acids is 1. The number of thiazole rings is 1. The van der Waals surface area contributed by atoms with E-state index in [4.69, 9.17) is 5.11 Å². The SMILES string of the molecule is Cc1nc(Sc2nc(C(F)(F)F)c(C(=O)O)s2)n[nH]1. The quantitative estimate of drug-likeness (QED) is 0.904. The Hall–Kier alpha value is -1.62. The van der Waals surface area contributed by atoms with Crippen LogP contribution in [0.5, 0.6) is 0 Å². The zero-order chi connectivity index (χ0) is 14.2. The van der Waals surface area contributed by atoms with Gasteiger partial charge in [-0.1, -0.05) is 11.3 Å². The normalized spacial score (nSPS) is 11.8. The van der Waals surface area contributed by atoms with Crippen molar-refractivity contribution >= 4 is 29.1 Å². The van der Waals surface area contributed by atoms with Crippen molar-refractivity contribution in [2.45, 2.75) is 22.6 Å². The standard InChI is InChI=1S/C8H5F3N4O2S2/c1-2-12-6(15-14-2)19-7-13-4(8(9,10)11)3(18-7)5(16)17/h1H3,(H,16,17)(H,12,14,15). The van der Waals surface area contributed by atoms with E-state index >= 15 is 0 Å². The van der Waals surface area contributed by atoms with Crippen molar-refractivity contribution < 1.29 is 23.1 Å². The molecule has 0 amide bonds. The summed E-state index contributed by atoms with van der Waals surface area (Å²) in [5, 5.41) is 15.2. The van der Waals surface area contributed by atoms with E-state index in [1.165, 1.54) is 0 Å². The molecule has 0 bridgehead atoms. The second-order valence-electron chi connectivity index (χ2n) is 3.27. The molecule has 11 heteroatoms. The van der Waals surface area contributed by atoms with Crippen LogP contribution in [0, 0.1) is 6.92 Å². The van der Waals surface area contributed by atoms with Gasteiger partial charge in [0, 0.05) is 0 Å². The van der Waals surface area contributed by atoms with Gasteiger partial charge >= 0.3 is 12.1 Å². The molecule has 0 spiro atoms. The molecule has 0 aliphatic heterocycles. The highest BCUT2D eigenvalue weighted by molar-refractivity contribution is 8.00. The molecule has 0 aliphatic carbocycles. The van der Waals surface area contributed by atoms with Gasteiger partial charge in [0.05, 0.1) is 0 Å². The Kier molecular flexibility index (Phi) is 3.49. The van der Waals surface area contributed by atoms with Crippen LogP contribution in [0.1, 0.15) is 21.2 Å². The first-order chi connectivity index (χ1) is 8.77. The van der Waals surface area contributed by atoms with E-state index in [0.717, 1.165) is 11.8 Å². The molecule has 0 saturated carbocycles. The molecule has 0 atom stereocenters. The number of rotatable bonds is 3. The fraction of sp³-hybridized carbons (Fsp3) is 0.250. The molecule has 2 rings (SSSR count). The summed E-state index contributed by atoms with van der Waals surface area (Å²) in [7, 11) is 0. The highest BCUT2D eigenvalue weighted by Crippen LogP contribution is 2.38. The molecule has 19 heavy (non-hydrogen) atoms. The van der Waals surface area contributed by atoms with E-state index < -0.39 is 22.7 Å². The number of H-pyrrole nitrogens is 1. The smallest absolute Gasteiger partial charge is 0.435 e. The Labute approximate surface area is 112 Å². The van der Waals surface area contributed by atoms with E-state index in [0.29, 0.717) is 17.2 Å². The van der Waals surface area contributed by atoms with Gasteiger partial charge in [0.25, 0.3) is 0 Å². The Bertz CT molecular complexity index is 622. The van der Waals surface area contributed by atoms with Crippen molar-refractivity contribution in [3.8, 4) is 0 Å². The fourth-order valence-electron chi connectivity index (χ4n) is 1.13. The van der Waals surface area contributed by atoms with Gasteiger partial charge in [0.2, 0.25) is 5.16 Å². The van der Waals surface area contributed by atoms with Crippen molar-refractivity contribution in [2.24, 2.45) is 0 Å². The second-order valence-corrected chi connectivity index (χ2v) is 5.48. The number of carboxylic acid groups (broad SMARTS) is 1. The lowest BCUT2D eigenvalue weighted by atomic mass is 10.3. The summed E-state index contributed by atoms with van der Waals surface area (Å²) in [4.78, 5) is 17.1. The van der Waals surface area contributed by atoms with Crippen LogP contribution in [0.15, 0.2) is 9.50 Å². The first kappa shape index (κ1) is 13.8. The summed E-state index contributed by atoms with van der Waals surface area (Å²) < 4.78 is 37.7. The number of aromatic amines is 1. The number of alkyl halides is 3. The van der Waals surface area contributed by atoms with Crippen molar-refractivity contribution in [1.82, 2.24) is 20.2 Å². The summed E-state index contributed by atoms with van der Waals surface area (Å²) in [6.45, 7) is 1.63. The Balaban J connectivity index is 2.35. The first-order valence-corrected chi connectivity index (χ1v) is 6.29. The van der Waals surface area contributed by atoms with E-state index in [-0.39, 0.29) is 9.50 Å². The van der Waals surface area contributed by atoms with Gasteiger partial charge in [0.15, 0.2) is 10.0 Å². The summed E-state index contributed by atoms with van der Waals surface area (Å²) in [6, 6.07) is 0. The molecular weight excluding hydrogens is 305 g/mol. The molecule has 2 N–H and O–H groups in total. The molecule has 0 radical (unpaired) electrons. The number of halogens is 3. The monoisotopic (exact) mass is 310 g/mol. The Morgan fingerprint density at radius 3 is 2.53 bits per heavy atom. The molecular formula is C8H5F3N4O2S2. The lowest BCUT2D eigenvalue weighted by molar-refractivity contribution is -0.141. The molecule has 0 fully saturated rings. The zero-order valence-corrected chi connectivity index (χ0v) is 10.8. The van der Waals surface area contributed by atoms with Gasteiger partial charge in [-0.05, 0) is 18.7 Å². The number of nitrogens with one attached hydrogen (secondary N) is 1. The maximum atomic E-state index is 12.6. The highest BCUT2D eigenvalue weighted by atomic mass is 32.2. The number of hydrogen-bond acceptors (Lipinski definition) is 6. The number of hydrogen-bond donors (Lipinski definition) is 2. The largest absolute Gasteiger partial charge is 0.477 e. The molecule has 2 heterocycles. The van der Waals surface area contributed by atoms with Crippen molar-refractivity contribution in [3.05, 3.63) is 16.4 Å². The summed E-state index contributed by atoms with van der Waals surface area (Å²) in [6.07, 6.45) is -4.81. The minimum absolute atomic E-state index is 0.0799. The van der Waals surface area contributed by atoms with E-state index in [1.807, 2.05) is 0 Å². The first-order valence-electron chi connectivity index (χ1n) is 4.65. The lowest BCUT2D eigenvalue weighted by Gasteiger charge is -2.02. The molecule has 0 unspecified atom stereocenters. The van der Waals surface area contributed by atoms with Gasteiger partial charge in [0.1, 0.15) is 10.7 Å². The average molecular weight is 310 g/mol. The highest BCUT2D eigenvalue weighted by Gasteiger charge is 2.39. The van der Waals surface area contributed by atoms with Crippen molar-refractivity contribution in [2.75, 3.05) is 0 Å². The number of nitrogens with zero attached hydrogens (tertiary/aromatic N) is 3. The molecule has 0 aromatic carbocycles. The third-order valence-electron chi connectivity index (χ3n) is 1.83. The molecule has 0 saturated heterocycles. The summed E-state index contributed by atoms with van der Waals surface area (Å²) >= 11 is 1.20. The molecule has 2 aromatic heterocycles. The topological polar surface area (TPSA) is 91.8 Å². The molecule has 6 nitrogen and oxygen atoms in total. The van der Waals surface area contributed by atoms with Gasteiger partial charge in [-0.15, -0.1) is 5.10 Å². The summed E-state index contributed by atoms with van der Waals surface area (Å²) in [5.41, 5.74) is -1.40. The van der Waals surface area contributed by atoms with Gasteiger partial charge in [-0.3, -0.25) is 5.10 Å². The number of aromatic carboxylic acids is 1. The minimum Gasteiger partial charge on any atom is -0.477 e. The van der Waals surface area contributed by atoms with Crippen LogP contribution in [0.2, 0.25) is 0 Å². The number of aryl methyl sites for hydroxylation is 1. The van der Waals surface area contributed by atoms with Gasteiger partial charge in [-0.25, -0.2) is 14.8 Å². The second kappa shape index (κ2) is 4.81. The maximum Gasteiger partial charge on any atom is 0.435 e. The van der Waals surface area contributed by atoms with Crippen molar-refractivity contribution in [1.29, 1.82) is 0 Å². The molecule has 2 aromatic rings. The van der Waals surface area contributed by atoms with Crippen LogP contribution >= 0.6 is 23.1 Å². The fourth-order valence-corrected chi connectivity index (χ4v) is 2.99. The van der Waals surface area contributed by atoms with Crippen LogP contribution in [0.4, 0.5) is 13.2 Å². The predicted molar refractivity (Wildman–Crippen MR) is 59.3 cm³/mol. The van der Waals surface area contributed by atoms with Crippen LogP contribution < -0.4 is 0 Å². The van der Waals surface area contributed by atoms with E-state index in [2.05, 4.69) is 20.2 Å². The average Bonchev–Trinajstić information content (AvgIpc) is 2.85. The lowest BCUT2D eigenvalue weighted by Crippen LogP contribution is -2.11.